The molecule has 116 valence electrons. The minimum atomic E-state index is 0.502. The van der Waals surface area contributed by atoms with Gasteiger partial charge in [0.15, 0.2) is 0 Å². The Morgan fingerprint density at radius 3 is 2.81 bits per heavy atom. The molecule has 0 aliphatic carbocycles. The molecule has 0 amide bonds. The number of likely N-dealkylation sites (tertiary alicyclic amines) is 1. The van der Waals surface area contributed by atoms with Crippen LogP contribution in [0.1, 0.15) is 43.7 Å². The standard InChI is InChI=1S/C17H25BrN2O/c18-15-7-6-14(16-5-4-8-19-16)13-17(15)21-12-11-20-9-2-1-3-10-20/h6-7,13,16,19H,1-5,8-12H2. The molecule has 4 heteroatoms. The van der Waals surface area contributed by atoms with Crippen LogP contribution in [0.4, 0.5) is 0 Å². The summed E-state index contributed by atoms with van der Waals surface area (Å²) in [5.74, 6) is 0.984. The van der Waals surface area contributed by atoms with Gasteiger partial charge in [-0.1, -0.05) is 12.5 Å². The number of ether oxygens (including phenoxy) is 1. The fourth-order valence-corrected chi connectivity index (χ4v) is 3.65. The van der Waals surface area contributed by atoms with Crippen molar-refractivity contribution in [3.05, 3.63) is 28.2 Å². The van der Waals surface area contributed by atoms with E-state index in [9.17, 15) is 0 Å². The van der Waals surface area contributed by atoms with Crippen molar-refractivity contribution in [3.8, 4) is 5.75 Å². The third-order valence-corrected chi connectivity index (χ3v) is 5.19. The smallest absolute Gasteiger partial charge is 0.133 e. The van der Waals surface area contributed by atoms with Crippen molar-refractivity contribution in [1.29, 1.82) is 0 Å². The number of hydrogen-bond acceptors (Lipinski definition) is 3. The average molecular weight is 353 g/mol. The number of nitrogens with one attached hydrogen (secondary N) is 1. The van der Waals surface area contributed by atoms with Crippen molar-refractivity contribution in [3.63, 3.8) is 0 Å². The summed E-state index contributed by atoms with van der Waals surface area (Å²) in [4.78, 5) is 2.51. The summed E-state index contributed by atoms with van der Waals surface area (Å²) >= 11 is 3.61. The Morgan fingerprint density at radius 1 is 1.19 bits per heavy atom. The molecule has 0 bridgehead atoms. The first-order valence-electron chi connectivity index (χ1n) is 8.21. The van der Waals surface area contributed by atoms with E-state index in [-0.39, 0.29) is 0 Å². The van der Waals surface area contributed by atoms with Gasteiger partial charge in [-0.2, -0.15) is 0 Å². The molecule has 3 nitrogen and oxygen atoms in total. The van der Waals surface area contributed by atoms with Gasteiger partial charge in [0, 0.05) is 12.6 Å². The molecular formula is C17H25BrN2O. The minimum absolute atomic E-state index is 0.502. The summed E-state index contributed by atoms with van der Waals surface area (Å²) in [7, 11) is 0. The number of nitrogens with zero attached hydrogens (tertiary/aromatic N) is 1. The van der Waals surface area contributed by atoms with Crippen molar-refractivity contribution in [2.45, 2.75) is 38.1 Å². The lowest BCUT2D eigenvalue weighted by Crippen LogP contribution is -2.33. The van der Waals surface area contributed by atoms with E-state index in [1.807, 2.05) is 0 Å². The van der Waals surface area contributed by atoms with E-state index in [4.69, 9.17) is 4.74 Å². The van der Waals surface area contributed by atoms with Gasteiger partial charge >= 0.3 is 0 Å². The van der Waals surface area contributed by atoms with E-state index in [0.29, 0.717) is 6.04 Å². The normalized spacial score (nSPS) is 23.4. The molecule has 1 unspecified atom stereocenters. The first-order chi connectivity index (χ1) is 10.3. The van der Waals surface area contributed by atoms with Gasteiger partial charge in [-0.05, 0) is 78.9 Å². The lowest BCUT2D eigenvalue weighted by Gasteiger charge is -2.26. The van der Waals surface area contributed by atoms with Gasteiger partial charge in [0.1, 0.15) is 12.4 Å². The first-order valence-corrected chi connectivity index (χ1v) is 9.00. The first kappa shape index (κ1) is 15.3. The Bertz CT molecular complexity index is 454. The Morgan fingerprint density at radius 2 is 2.05 bits per heavy atom. The Kier molecular flexibility index (Phi) is 5.55. The largest absolute Gasteiger partial charge is 0.491 e. The molecule has 3 rings (SSSR count). The van der Waals surface area contributed by atoms with Gasteiger partial charge in [-0.3, -0.25) is 4.90 Å². The van der Waals surface area contributed by atoms with Gasteiger partial charge in [0.05, 0.1) is 4.47 Å². The van der Waals surface area contributed by atoms with Gasteiger partial charge < -0.3 is 10.1 Å². The quantitative estimate of drug-likeness (QED) is 0.873. The highest BCUT2D eigenvalue weighted by molar-refractivity contribution is 9.10. The molecule has 2 fully saturated rings. The van der Waals surface area contributed by atoms with Crippen LogP contribution < -0.4 is 10.1 Å². The number of rotatable bonds is 5. The molecule has 2 saturated heterocycles. The zero-order valence-corrected chi connectivity index (χ0v) is 14.2. The van der Waals surface area contributed by atoms with Gasteiger partial charge in [-0.15, -0.1) is 0 Å². The van der Waals surface area contributed by atoms with E-state index in [0.717, 1.165) is 29.9 Å². The highest BCUT2D eigenvalue weighted by Gasteiger charge is 2.17. The van der Waals surface area contributed by atoms with Crippen LogP contribution in [0.2, 0.25) is 0 Å². The molecule has 1 atom stereocenters. The maximum Gasteiger partial charge on any atom is 0.133 e. The van der Waals surface area contributed by atoms with Crippen LogP contribution in [0, 0.1) is 0 Å². The lowest BCUT2D eigenvalue weighted by atomic mass is 10.1. The van der Waals surface area contributed by atoms with Crippen LogP contribution in [0.5, 0.6) is 5.75 Å². The summed E-state index contributed by atoms with van der Waals surface area (Å²) < 4.78 is 7.08. The average Bonchev–Trinajstić information content (AvgIpc) is 3.04. The monoisotopic (exact) mass is 352 g/mol. The number of piperidine rings is 1. The van der Waals surface area contributed by atoms with Gasteiger partial charge in [0.2, 0.25) is 0 Å². The predicted octanol–water partition coefficient (Wildman–Crippen LogP) is 3.74. The molecule has 2 heterocycles. The van der Waals surface area contributed by atoms with Crippen LogP contribution >= 0.6 is 15.9 Å². The molecule has 2 aliphatic heterocycles. The van der Waals surface area contributed by atoms with Gasteiger partial charge in [-0.25, -0.2) is 0 Å². The second kappa shape index (κ2) is 7.61. The van der Waals surface area contributed by atoms with E-state index in [1.165, 1.54) is 50.8 Å². The molecule has 2 aliphatic rings. The molecule has 1 aromatic rings. The second-order valence-electron chi connectivity index (χ2n) is 6.09. The van der Waals surface area contributed by atoms with Crippen molar-refractivity contribution >= 4 is 15.9 Å². The summed E-state index contributed by atoms with van der Waals surface area (Å²) in [5.41, 5.74) is 1.35. The maximum atomic E-state index is 6.02. The molecule has 0 radical (unpaired) electrons. The van der Waals surface area contributed by atoms with Crippen LogP contribution in [0.25, 0.3) is 0 Å². The third-order valence-electron chi connectivity index (χ3n) is 4.53. The Hall–Kier alpha value is -0.580. The fourth-order valence-electron chi connectivity index (χ4n) is 3.28. The van der Waals surface area contributed by atoms with Gasteiger partial charge in [0.25, 0.3) is 0 Å². The highest BCUT2D eigenvalue weighted by atomic mass is 79.9. The second-order valence-corrected chi connectivity index (χ2v) is 6.94. The van der Waals surface area contributed by atoms with Crippen molar-refractivity contribution < 1.29 is 4.74 Å². The number of halogens is 1. The predicted molar refractivity (Wildman–Crippen MR) is 89.9 cm³/mol. The van der Waals surface area contributed by atoms with Crippen LogP contribution in [0.15, 0.2) is 22.7 Å². The Labute approximate surface area is 136 Å². The van der Waals surface area contributed by atoms with Crippen LogP contribution in [-0.2, 0) is 0 Å². The van der Waals surface area contributed by atoms with Crippen LogP contribution in [-0.4, -0.2) is 37.7 Å². The summed E-state index contributed by atoms with van der Waals surface area (Å²) in [6, 6.07) is 7.02. The topological polar surface area (TPSA) is 24.5 Å². The SMILES string of the molecule is Brc1ccc(C2CCCN2)cc1OCCN1CCCCC1. The van der Waals surface area contributed by atoms with E-state index in [1.54, 1.807) is 0 Å². The molecule has 0 aromatic heterocycles. The third kappa shape index (κ3) is 4.21. The van der Waals surface area contributed by atoms with Crippen molar-refractivity contribution in [2.24, 2.45) is 0 Å². The molecule has 1 N–H and O–H groups in total. The maximum absolute atomic E-state index is 6.02. The molecule has 21 heavy (non-hydrogen) atoms. The van der Waals surface area contributed by atoms with Crippen molar-refractivity contribution in [2.75, 3.05) is 32.8 Å². The zero-order valence-electron chi connectivity index (χ0n) is 12.6. The summed E-state index contributed by atoms with van der Waals surface area (Å²) in [5, 5.41) is 3.55. The number of benzene rings is 1. The summed E-state index contributed by atoms with van der Waals surface area (Å²) in [6.45, 7) is 5.41. The highest BCUT2D eigenvalue weighted by Crippen LogP contribution is 2.31. The molecular weight excluding hydrogens is 328 g/mol. The van der Waals surface area contributed by atoms with Crippen LogP contribution in [0.3, 0.4) is 0 Å². The lowest BCUT2D eigenvalue weighted by molar-refractivity contribution is 0.183. The fraction of sp³-hybridized carbons (Fsp3) is 0.647. The van der Waals surface area contributed by atoms with E-state index >= 15 is 0 Å². The van der Waals surface area contributed by atoms with E-state index < -0.39 is 0 Å². The zero-order chi connectivity index (χ0) is 14.5. The van der Waals surface area contributed by atoms with Crippen molar-refractivity contribution in [1.82, 2.24) is 10.2 Å². The Balaban J connectivity index is 1.54. The molecule has 1 aromatic carbocycles. The number of hydrogen-bond donors (Lipinski definition) is 1. The minimum Gasteiger partial charge on any atom is -0.491 e. The molecule has 0 saturated carbocycles. The molecule has 0 spiro atoms. The van der Waals surface area contributed by atoms with E-state index in [2.05, 4.69) is 44.3 Å². The summed E-state index contributed by atoms with van der Waals surface area (Å²) in [6.07, 6.45) is 6.57.